The van der Waals surface area contributed by atoms with Gasteiger partial charge in [0.1, 0.15) is 6.04 Å². The molecule has 2 aliphatic heterocycles. The molecule has 0 spiro atoms. The summed E-state index contributed by atoms with van der Waals surface area (Å²) in [7, 11) is 1.43. The van der Waals surface area contributed by atoms with Crippen LogP contribution in [-0.4, -0.2) is 79.0 Å². The number of benzene rings is 1. The topological polar surface area (TPSA) is 61.9 Å². The summed E-state index contributed by atoms with van der Waals surface area (Å²) in [5.74, 6) is -1.03. The minimum Gasteiger partial charge on any atom is -0.376 e. The molecule has 0 unspecified atom stereocenters. The number of piperidine rings is 1. The summed E-state index contributed by atoms with van der Waals surface area (Å²) in [5, 5.41) is 2.75. The monoisotopic (exact) mass is 445 g/mol. The number of hydrogen-bond donors (Lipinski definition) is 1. The van der Waals surface area contributed by atoms with Crippen LogP contribution in [0.1, 0.15) is 36.0 Å². The Morgan fingerprint density at radius 3 is 2.55 bits per heavy atom. The molecule has 2 saturated heterocycles. The third kappa shape index (κ3) is 5.54. The van der Waals surface area contributed by atoms with Crippen molar-refractivity contribution in [2.75, 3.05) is 33.3 Å². The van der Waals surface area contributed by atoms with Gasteiger partial charge in [-0.3, -0.25) is 14.5 Å². The summed E-state index contributed by atoms with van der Waals surface area (Å²) in [6.07, 6.45) is -5.67. The Labute approximate surface area is 178 Å². The number of rotatable bonds is 6. The molecular formula is C21H27F4N3O3. The summed E-state index contributed by atoms with van der Waals surface area (Å²) in [6.45, 7) is -0.167. The number of nitrogens with zero attached hydrogens (tertiary/aromatic N) is 2. The standard InChI is InChI=1S/C21H27F4N3O3/c1-31-20(14-26-19(30)15-6-3-2-4-7-15)9-11-27(17(22)12-20)13-18(29)28-10-5-8-16(28)21(23,24)25/h2-4,6-7,16-17H,5,8-14H2,1H3,(H,26,30)/t16-,17+,20-/m1/s1. The van der Waals surface area contributed by atoms with Crippen LogP contribution in [0.3, 0.4) is 0 Å². The van der Waals surface area contributed by atoms with Gasteiger partial charge in [-0.2, -0.15) is 13.2 Å². The van der Waals surface area contributed by atoms with Gasteiger partial charge >= 0.3 is 6.18 Å². The number of amides is 2. The number of likely N-dealkylation sites (tertiary alicyclic amines) is 2. The van der Waals surface area contributed by atoms with E-state index in [0.717, 1.165) is 4.90 Å². The molecule has 0 aromatic heterocycles. The molecule has 172 valence electrons. The van der Waals surface area contributed by atoms with E-state index in [9.17, 15) is 27.2 Å². The third-order valence-electron chi connectivity index (χ3n) is 6.12. The van der Waals surface area contributed by atoms with Crippen LogP contribution in [0.5, 0.6) is 0 Å². The summed E-state index contributed by atoms with van der Waals surface area (Å²) < 4.78 is 59.8. The molecule has 10 heteroatoms. The van der Waals surface area contributed by atoms with Gasteiger partial charge in [0.05, 0.1) is 12.1 Å². The fourth-order valence-corrected chi connectivity index (χ4v) is 4.22. The van der Waals surface area contributed by atoms with Gasteiger partial charge in [0.2, 0.25) is 5.91 Å². The minimum absolute atomic E-state index is 0.0291. The van der Waals surface area contributed by atoms with Crippen LogP contribution in [0.2, 0.25) is 0 Å². The van der Waals surface area contributed by atoms with E-state index in [1.54, 1.807) is 30.3 Å². The van der Waals surface area contributed by atoms with E-state index in [1.165, 1.54) is 12.0 Å². The number of ether oxygens (including phenoxy) is 1. The molecule has 2 heterocycles. The molecule has 1 N–H and O–H groups in total. The molecule has 0 bridgehead atoms. The maximum atomic E-state index is 14.9. The highest BCUT2D eigenvalue weighted by atomic mass is 19.4. The van der Waals surface area contributed by atoms with Crippen molar-refractivity contribution in [3.63, 3.8) is 0 Å². The molecule has 31 heavy (non-hydrogen) atoms. The predicted molar refractivity (Wildman–Crippen MR) is 105 cm³/mol. The van der Waals surface area contributed by atoms with Crippen LogP contribution in [0, 0.1) is 0 Å². The molecular weight excluding hydrogens is 418 g/mol. The predicted octanol–water partition coefficient (Wildman–Crippen LogP) is 2.75. The van der Waals surface area contributed by atoms with E-state index >= 15 is 0 Å². The maximum absolute atomic E-state index is 14.9. The quantitative estimate of drug-likeness (QED) is 0.541. The normalized spacial score (nSPS) is 27.3. The van der Waals surface area contributed by atoms with Crippen LogP contribution in [0.4, 0.5) is 17.6 Å². The van der Waals surface area contributed by atoms with E-state index in [-0.39, 0.29) is 44.8 Å². The zero-order valence-corrected chi connectivity index (χ0v) is 17.3. The van der Waals surface area contributed by atoms with Gasteiger partial charge in [-0.15, -0.1) is 0 Å². The lowest BCUT2D eigenvalue weighted by Gasteiger charge is -2.43. The fourth-order valence-electron chi connectivity index (χ4n) is 4.22. The van der Waals surface area contributed by atoms with Gasteiger partial charge in [-0.05, 0) is 31.4 Å². The van der Waals surface area contributed by atoms with Crippen molar-refractivity contribution < 1.29 is 31.9 Å². The highest BCUT2D eigenvalue weighted by Gasteiger charge is 2.48. The van der Waals surface area contributed by atoms with Gasteiger partial charge in [0.15, 0.2) is 6.30 Å². The van der Waals surface area contributed by atoms with Crippen LogP contribution < -0.4 is 5.32 Å². The molecule has 2 amide bonds. The Morgan fingerprint density at radius 2 is 1.94 bits per heavy atom. The van der Waals surface area contributed by atoms with Crippen molar-refractivity contribution in [3.8, 4) is 0 Å². The lowest BCUT2D eigenvalue weighted by molar-refractivity contribution is -0.184. The number of nitrogens with one attached hydrogen (secondary N) is 1. The Balaban J connectivity index is 1.56. The Hall–Kier alpha value is -2.20. The van der Waals surface area contributed by atoms with Gasteiger partial charge < -0.3 is 15.0 Å². The molecule has 1 aromatic carbocycles. The lowest BCUT2D eigenvalue weighted by Crippen LogP contribution is -2.57. The first-order valence-electron chi connectivity index (χ1n) is 10.3. The first-order valence-corrected chi connectivity index (χ1v) is 10.3. The molecule has 2 fully saturated rings. The van der Waals surface area contributed by atoms with Crippen molar-refractivity contribution in [2.45, 2.75) is 49.8 Å². The Morgan fingerprint density at radius 1 is 1.23 bits per heavy atom. The van der Waals surface area contributed by atoms with Crippen molar-refractivity contribution in [3.05, 3.63) is 35.9 Å². The summed E-state index contributed by atoms with van der Waals surface area (Å²) in [4.78, 5) is 26.8. The van der Waals surface area contributed by atoms with E-state index in [4.69, 9.17) is 4.74 Å². The second-order valence-corrected chi connectivity index (χ2v) is 8.08. The number of carbonyl (C=O) groups is 2. The van der Waals surface area contributed by atoms with Gasteiger partial charge in [0.25, 0.3) is 5.91 Å². The summed E-state index contributed by atoms with van der Waals surface area (Å²) >= 11 is 0. The number of halogens is 4. The van der Waals surface area contributed by atoms with E-state index in [2.05, 4.69) is 5.32 Å². The molecule has 3 atom stereocenters. The average molecular weight is 445 g/mol. The summed E-state index contributed by atoms with van der Waals surface area (Å²) in [5.41, 5.74) is -0.482. The van der Waals surface area contributed by atoms with Gasteiger partial charge in [-0.25, -0.2) is 4.39 Å². The van der Waals surface area contributed by atoms with Gasteiger partial charge in [0, 0.05) is 38.7 Å². The van der Waals surface area contributed by atoms with E-state index < -0.39 is 36.6 Å². The molecule has 1 aromatic rings. The number of hydrogen-bond acceptors (Lipinski definition) is 4. The first-order chi connectivity index (χ1) is 14.6. The van der Waals surface area contributed by atoms with E-state index in [1.807, 2.05) is 0 Å². The summed E-state index contributed by atoms with van der Waals surface area (Å²) in [6, 6.07) is 6.78. The van der Waals surface area contributed by atoms with Crippen LogP contribution >= 0.6 is 0 Å². The minimum atomic E-state index is -4.48. The zero-order chi connectivity index (χ0) is 22.6. The lowest BCUT2D eigenvalue weighted by atomic mass is 9.90. The number of carbonyl (C=O) groups excluding carboxylic acids is 2. The molecule has 0 radical (unpaired) electrons. The molecule has 0 aliphatic carbocycles. The first kappa shape index (κ1) is 23.5. The Kier molecular flexibility index (Phi) is 7.20. The van der Waals surface area contributed by atoms with Crippen LogP contribution in [0.25, 0.3) is 0 Å². The molecule has 3 rings (SSSR count). The third-order valence-corrected chi connectivity index (χ3v) is 6.12. The van der Waals surface area contributed by atoms with Crippen molar-refractivity contribution >= 4 is 11.8 Å². The number of methoxy groups -OCH3 is 1. The number of alkyl halides is 4. The maximum Gasteiger partial charge on any atom is 0.408 e. The molecule has 0 saturated carbocycles. The zero-order valence-electron chi connectivity index (χ0n) is 17.3. The Bertz CT molecular complexity index is 777. The largest absolute Gasteiger partial charge is 0.408 e. The van der Waals surface area contributed by atoms with Crippen molar-refractivity contribution in [1.82, 2.24) is 15.1 Å². The highest BCUT2D eigenvalue weighted by molar-refractivity contribution is 5.94. The SMILES string of the molecule is CO[C@]1(CNC(=O)c2ccccc2)CCN(CC(=O)N2CCC[C@@H]2C(F)(F)F)[C@H](F)C1. The van der Waals surface area contributed by atoms with Gasteiger partial charge in [-0.1, -0.05) is 18.2 Å². The highest BCUT2D eigenvalue weighted by Crippen LogP contribution is 2.34. The van der Waals surface area contributed by atoms with Crippen molar-refractivity contribution in [2.24, 2.45) is 0 Å². The van der Waals surface area contributed by atoms with E-state index in [0.29, 0.717) is 12.0 Å². The van der Waals surface area contributed by atoms with Crippen LogP contribution in [0.15, 0.2) is 30.3 Å². The average Bonchev–Trinajstić information content (AvgIpc) is 3.25. The second kappa shape index (κ2) is 9.52. The second-order valence-electron chi connectivity index (χ2n) is 8.08. The smallest absolute Gasteiger partial charge is 0.376 e. The molecule has 2 aliphatic rings. The molecule has 6 nitrogen and oxygen atoms in total. The fraction of sp³-hybridized carbons (Fsp3) is 0.619. The van der Waals surface area contributed by atoms with Crippen LogP contribution in [-0.2, 0) is 9.53 Å². The van der Waals surface area contributed by atoms with Crippen molar-refractivity contribution in [1.29, 1.82) is 0 Å².